The summed E-state index contributed by atoms with van der Waals surface area (Å²) in [6.07, 6.45) is 2.24. The van der Waals surface area contributed by atoms with Gasteiger partial charge < -0.3 is 20.6 Å². The van der Waals surface area contributed by atoms with E-state index in [1.54, 1.807) is 48.0 Å². The van der Waals surface area contributed by atoms with Gasteiger partial charge in [0.25, 0.3) is 0 Å². The van der Waals surface area contributed by atoms with Gasteiger partial charge in [0.05, 0.1) is 29.2 Å². The maximum atomic E-state index is 13.9. The summed E-state index contributed by atoms with van der Waals surface area (Å²) < 4.78 is -0.670. The van der Waals surface area contributed by atoms with Gasteiger partial charge in [0.15, 0.2) is 0 Å². The maximum absolute atomic E-state index is 13.9. The van der Waals surface area contributed by atoms with E-state index in [0.29, 0.717) is 17.1 Å². The minimum absolute atomic E-state index is 0.00524. The van der Waals surface area contributed by atoms with Crippen LogP contribution in [0.15, 0.2) is 24.3 Å². The molecule has 2 bridgehead atoms. The lowest BCUT2D eigenvalue weighted by atomic mass is 9.70. The fraction of sp³-hybridized carbons (Fsp3) is 0.609. The van der Waals surface area contributed by atoms with Crippen LogP contribution in [0.3, 0.4) is 0 Å². The van der Waals surface area contributed by atoms with Crippen molar-refractivity contribution >= 4 is 46.8 Å². The Morgan fingerprint density at radius 1 is 1.31 bits per heavy atom. The number of fused-ring (bicyclic) bond motifs is 1. The second kappa shape index (κ2) is 8.88. The summed E-state index contributed by atoms with van der Waals surface area (Å²) in [6.45, 7) is 3.76. The van der Waals surface area contributed by atoms with Crippen LogP contribution in [0.4, 0.5) is 5.69 Å². The highest BCUT2D eigenvalue weighted by Gasteiger charge is 2.74. The topological polar surface area (TPSA) is 98.7 Å². The number of nitrogens with one attached hydrogen (secondary N) is 2. The molecule has 1 aromatic carbocycles. The number of nitrogens with zero attached hydrogens (tertiary/aromatic N) is 1. The van der Waals surface area contributed by atoms with Gasteiger partial charge in [0, 0.05) is 23.0 Å². The molecule has 3 aliphatic heterocycles. The molecule has 2 unspecified atom stereocenters. The summed E-state index contributed by atoms with van der Waals surface area (Å²) in [6, 6.07) is 5.60. The van der Waals surface area contributed by atoms with Crippen molar-refractivity contribution < 1.29 is 19.5 Å². The summed E-state index contributed by atoms with van der Waals surface area (Å²) in [5.74, 6) is -1.64. The molecular formula is C23H30ClN3O4S. The Labute approximate surface area is 197 Å². The summed E-state index contributed by atoms with van der Waals surface area (Å²) in [5.41, 5.74) is 0.594. The van der Waals surface area contributed by atoms with Crippen LogP contribution >= 0.6 is 23.4 Å². The number of benzene rings is 1. The quantitative estimate of drug-likeness (QED) is 0.558. The molecule has 1 spiro atoms. The zero-order valence-electron chi connectivity index (χ0n) is 18.5. The Kier molecular flexibility index (Phi) is 6.49. The standard InChI is InChI=1S/C23H30ClN3O4S/c1-4-12(2)15(11-28)27-19(21(30)26-14-7-5-13(24)6-8-14)23-10-9-16(32-23)17(20(29)25-3)18(23)22(27)31/h5-8,12,15-19,28H,4,9-11H2,1-3H3,(H,25,29)(H,26,30)/t12-,15-,16-,17+,18-,19?,23?/m0/s1. The number of aliphatic hydroxyl groups is 1. The van der Waals surface area contributed by atoms with Crippen LogP contribution in [-0.2, 0) is 14.4 Å². The number of hydrogen-bond donors (Lipinski definition) is 3. The first-order valence-electron chi connectivity index (χ1n) is 11.2. The first-order valence-corrected chi connectivity index (χ1v) is 12.4. The fourth-order valence-corrected chi connectivity index (χ4v) is 8.10. The van der Waals surface area contributed by atoms with Crippen molar-refractivity contribution in [1.29, 1.82) is 0 Å². The molecule has 7 atom stereocenters. The van der Waals surface area contributed by atoms with Crippen LogP contribution in [0.1, 0.15) is 33.1 Å². The Hall–Kier alpha value is -1.77. The van der Waals surface area contributed by atoms with E-state index in [9.17, 15) is 19.5 Å². The first kappa shape index (κ1) is 23.4. The average Bonchev–Trinajstić information content (AvgIpc) is 3.43. The summed E-state index contributed by atoms with van der Waals surface area (Å²) in [7, 11) is 1.59. The molecule has 0 aliphatic carbocycles. The molecule has 3 heterocycles. The van der Waals surface area contributed by atoms with Gasteiger partial charge in [-0.25, -0.2) is 0 Å². The van der Waals surface area contributed by atoms with Crippen LogP contribution in [-0.4, -0.2) is 63.5 Å². The van der Waals surface area contributed by atoms with E-state index < -0.39 is 28.7 Å². The van der Waals surface area contributed by atoms with Crippen LogP contribution < -0.4 is 10.6 Å². The van der Waals surface area contributed by atoms with Crippen molar-refractivity contribution in [3.8, 4) is 0 Å². The number of anilines is 1. The normalized spacial score (nSPS) is 32.5. The van der Waals surface area contributed by atoms with E-state index in [4.69, 9.17) is 11.6 Å². The van der Waals surface area contributed by atoms with Crippen molar-refractivity contribution in [2.24, 2.45) is 17.8 Å². The fourth-order valence-electron chi connectivity index (χ4n) is 5.77. The predicted molar refractivity (Wildman–Crippen MR) is 125 cm³/mol. The van der Waals surface area contributed by atoms with E-state index in [-0.39, 0.29) is 35.5 Å². The van der Waals surface area contributed by atoms with E-state index in [0.717, 1.165) is 12.8 Å². The Morgan fingerprint density at radius 3 is 2.59 bits per heavy atom. The molecule has 3 amide bonds. The molecule has 3 saturated heterocycles. The lowest BCUT2D eigenvalue weighted by Gasteiger charge is -2.39. The zero-order valence-corrected chi connectivity index (χ0v) is 20.1. The number of rotatable bonds is 7. The van der Waals surface area contributed by atoms with Gasteiger partial charge in [-0.05, 0) is 43.0 Å². The number of thioether (sulfide) groups is 1. The monoisotopic (exact) mass is 479 g/mol. The molecule has 9 heteroatoms. The average molecular weight is 480 g/mol. The molecule has 32 heavy (non-hydrogen) atoms. The van der Waals surface area contributed by atoms with Crippen molar-refractivity contribution in [3.63, 3.8) is 0 Å². The van der Waals surface area contributed by atoms with Crippen molar-refractivity contribution in [1.82, 2.24) is 10.2 Å². The van der Waals surface area contributed by atoms with Gasteiger partial charge in [-0.3, -0.25) is 14.4 Å². The van der Waals surface area contributed by atoms with Crippen LogP contribution in [0.25, 0.3) is 0 Å². The molecule has 3 fully saturated rings. The highest BCUT2D eigenvalue weighted by molar-refractivity contribution is 8.02. The number of hydrogen-bond acceptors (Lipinski definition) is 5. The highest BCUT2D eigenvalue weighted by Crippen LogP contribution is 2.66. The molecule has 1 aromatic rings. The second-order valence-corrected chi connectivity index (χ2v) is 11.1. The van der Waals surface area contributed by atoms with Gasteiger partial charge in [0.1, 0.15) is 6.04 Å². The summed E-state index contributed by atoms with van der Waals surface area (Å²) >= 11 is 7.60. The molecule has 0 radical (unpaired) electrons. The van der Waals surface area contributed by atoms with Gasteiger partial charge in [-0.2, -0.15) is 0 Å². The number of carbonyl (C=O) groups is 3. The maximum Gasteiger partial charge on any atom is 0.248 e. The Balaban J connectivity index is 1.76. The number of carbonyl (C=O) groups excluding carboxylic acids is 3. The largest absolute Gasteiger partial charge is 0.394 e. The second-order valence-electron chi connectivity index (χ2n) is 9.05. The van der Waals surface area contributed by atoms with Crippen LogP contribution in [0, 0.1) is 17.8 Å². The van der Waals surface area contributed by atoms with E-state index >= 15 is 0 Å². The van der Waals surface area contributed by atoms with Gasteiger partial charge in [-0.1, -0.05) is 31.9 Å². The number of aliphatic hydroxyl groups excluding tert-OH is 1. The van der Waals surface area contributed by atoms with Crippen LogP contribution in [0.2, 0.25) is 5.02 Å². The lowest BCUT2D eigenvalue weighted by molar-refractivity contribution is -0.143. The smallest absolute Gasteiger partial charge is 0.248 e. The van der Waals surface area contributed by atoms with Crippen molar-refractivity contribution in [2.75, 3.05) is 19.0 Å². The third-order valence-corrected chi connectivity index (χ3v) is 9.70. The number of likely N-dealkylation sites (tertiary alicyclic amines) is 1. The first-order chi connectivity index (χ1) is 15.3. The summed E-state index contributed by atoms with van der Waals surface area (Å²) in [4.78, 5) is 42.0. The predicted octanol–water partition coefficient (Wildman–Crippen LogP) is 2.52. The van der Waals surface area contributed by atoms with Crippen LogP contribution in [0.5, 0.6) is 0 Å². The minimum atomic E-state index is -0.758. The van der Waals surface area contributed by atoms with Crippen molar-refractivity contribution in [2.45, 2.75) is 55.2 Å². The summed E-state index contributed by atoms with van der Waals surface area (Å²) in [5, 5.41) is 16.5. The minimum Gasteiger partial charge on any atom is -0.394 e. The third kappa shape index (κ3) is 3.51. The molecule has 3 aliphatic rings. The zero-order chi connectivity index (χ0) is 23.2. The van der Waals surface area contributed by atoms with Gasteiger partial charge >= 0.3 is 0 Å². The molecule has 3 N–H and O–H groups in total. The molecule has 0 saturated carbocycles. The Morgan fingerprint density at radius 2 is 2.00 bits per heavy atom. The van der Waals surface area contributed by atoms with Gasteiger partial charge in [-0.15, -0.1) is 11.8 Å². The number of halogens is 1. The van der Waals surface area contributed by atoms with Crippen molar-refractivity contribution in [3.05, 3.63) is 29.3 Å². The lowest BCUT2D eigenvalue weighted by Crippen LogP contribution is -2.56. The highest BCUT2D eigenvalue weighted by atomic mass is 35.5. The molecule has 4 rings (SSSR count). The molecule has 0 aromatic heterocycles. The third-order valence-electron chi connectivity index (χ3n) is 7.49. The van der Waals surface area contributed by atoms with E-state index in [1.807, 2.05) is 13.8 Å². The molecular weight excluding hydrogens is 450 g/mol. The van der Waals surface area contributed by atoms with E-state index in [2.05, 4.69) is 10.6 Å². The Bertz CT molecular complexity index is 913. The SMILES string of the molecule is CC[C@H](C)[C@H](CO)N1C(=O)[C@@H]2[C@H](C(=O)NC)[C@@H]3CCC2(S3)C1C(=O)Nc1ccc(Cl)cc1. The van der Waals surface area contributed by atoms with Gasteiger partial charge in [0.2, 0.25) is 17.7 Å². The number of amides is 3. The molecule has 174 valence electrons. The molecule has 7 nitrogen and oxygen atoms in total. The van der Waals surface area contributed by atoms with E-state index in [1.165, 1.54) is 0 Å².